The van der Waals surface area contributed by atoms with Gasteiger partial charge in [-0.3, -0.25) is 14.5 Å². The van der Waals surface area contributed by atoms with Crippen molar-refractivity contribution in [2.45, 2.75) is 13.0 Å². The second kappa shape index (κ2) is 5.95. The van der Waals surface area contributed by atoms with Crippen LogP contribution in [-0.4, -0.2) is 29.6 Å². The zero-order valence-electron chi connectivity index (χ0n) is 10.2. The molecular formula is C14H13NO4. The van der Waals surface area contributed by atoms with Crippen LogP contribution in [0.2, 0.25) is 0 Å². The molecule has 0 atom stereocenters. The van der Waals surface area contributed by atoms with Crippen molar-refractivity contribution < 1.29 is 19.1 Å². The van der Waals surface area contributed by atoms with E-state index in [0.717, 1.165) is 16.5 Å². The Bertz CT molecular complexity index is 522. The van der Waals surface area contributed by atoms with E-state index in [0.29, 0.717) is 6.29 Å². The smallest absolute Gasteiger partial charge is 0.296 e. The Morgan fingerprint density at radius 3 is 2.58 bits per heavy atom. The van der Waals surface area contributed by atoms with Crippen molar-refractivity contribution >= 4 is 18.1 Å². The number of benzene rings is 1. The SMILES string of the molecule is O=CCCOC1=CC(=O)N(Cc2ccccc2)C1=O. The molecule has 5 heteroatoms. The van der Waals surface area contributed by atoms with Gasteiger partial charge in [-0.2, -0.15) is 0 Å². The number of hydrogen-bond donors (Lipinski definition) is 0. The van der Waals surface area contributed by atoms with Crippen LogP contribution in [0, 0.1) is 0 Å². The predicted octanol–water partition coefficient (Wildman–Crippen LogP) is 1.04. The normalized spacial score (nSPS) is 14.5. The molecule has 0 fully saturated rings. The van der Waals surface area contributed by atoms with Crippen molar-refractivity contribution in [2.24, 2.45) is 0 Å². The molecule has 1 aromatic carbocycles. The highest BCUT2D eigenvalue weighted by Gasteiger charge is 2.32. The first-order chi connectivity index (χ1) is 9.22. The molecule has 19 heavy (non-hydrogen) atoms. The van der Waals surface area contributed by atoms with Crippen molar-refractivity contribution in [3.8, 4) is 0 Å². The van der Waals surface area contributed by atoms with Crippen molar-refractivity contribution in [1.29, 1.82) is 0 Å². The predicted molar refractivity (Wildman–Crippen MR) is 66.7 cm³/mol. The molecule has 98 valence electrons. The number of hydrogen-bond acceptors (Lipinski definition) is 4. The topological polar surface area (TPSA) is 63.7 Å². The highest BCUT2D eigenvalue weighted by atomic mass is 16.5. The monoisotopic (exact) mass is 259 g/mol. The fourth-order valence-corrected chi connectivity index (χ4v) is 1.72. The van der Waals surface area contributed by atoms with E-state index in [2.05, 4.69) is 0 Å². The highest BCUT2D eigenvalue weighted by Crippen LogP contribution is 2.17. The first kappa shape index (κ1) is 13.0. The Kier molecular flexibility index (Phi) is 4.07. The van der Waals surface area contributed by atoms with Gasteiger partial charge in [0.05, 0.1) is 19.2 Å². The molecule has 1 aliphatic rings. The zero-order valence-corrected chi connectivity index (χ0v) is 10.2. The van der Waals surface area contributed by atoms with E-state index < -0.39 is 11.8 Å². The van der Waals surface area contributed by atoms with Crippen LogP contribution in [0.3, 0.4) is 0 Å². The van der Waals surface area contributed by atoms with Gasteiger partial charge < -0.3 is 9.53 Å². The molecule has 1 aliphatic heterocycles. The molecular weight excluding hydrogens is 246 g/mol. The van der Waals surface area contributed by atoms with Crippen LogP contribution in [0.25, 0.3) is 0 Å². The van der Waals surface area contributed by atoms with Crippen molar-refractivity contribution in [1.82, 2.24) is 4.90 Å². The molecule has 0 radical (unpaired) electrons. The molecule has 2 rings (SSSR count). The summed E-state index contributed by atoms with van der Waals surface area (Å²) in [6.45, 7) is 0.322. The van der Waals surface area contributed by atoms with Gasteiger partial charge in [0.2, 0.25) is 0 Å². The van der Waals surface area contributed by atoms with Crippen LogP contribution in [0.15, 0.2) is 42.2 Å². The first-order valence-electron chi connectivity index (χ1n) is 5.90. The maximum atomic E-state index is 11.9. The number of imide groups is 1. The second-order valence-electron chi connectivity index (χ2n) is 4.03. The molecule has 0 saturated carbocycles. The van der Waals surface area contributed by atoms with Crippen LogP contribution >= 0.6 is 0 Å². The highest BCUT2D eigenvalue weighted by molar-refractivity contribution is 6.15. The van der Waals surface area contributed by atoms with Gasteiger partial charge in [-0.05, 0) is 5.56 Å². The quantitative estimate of drug-likeness (QED) is 0.435. The van der Waals surface area contributed by atoms with Crippen LogP contribution in [-0.2, 0) is 25.7 Å². The van der Waals surface area contributed by atoms with Crippen molar-refractivity contribution in [3.05, 3.63) is 47.7 Å². The fourth-order valence-electron chi connectivity index (χ4n) is 1.72. The minimum Gasteiger partial charge on any atom is -0.487 e. The van der Waals surface area contributed by atoms with Crippen molar-refractivity contribution in [3.63, 3.8) is 0 Å². The summed E-state index contributed by atoms with van der Waals surface area (Å²) in [7, 11) is 0. The zero-order chi connectivity index (χ0) is 13.7. The van der Waals surface area contributed by atoms with E-state index in [4.69, 9.17) is 4.74 Å². The summed E-state index contributed by atoms with van der Waals surface area (Å²) in [6.07, 6.45) is 2.05. The Morgan fingerprint density at radius 2 is 1.89 bits per heavy atom. The molecule has 0 unspecified atom stereocenters. The maximum Gasteiger partial charge on any atom is 0.296 e. The van der Waals surface area contributed by atoms with Gasteiger partial charge in [-0.15, -0.1) is 0 Å². The standard InChI is InChI=1S/C14H13NO4/c16-7-4-8-19-12-9-13(17)15(14(12)18)10-11-5-2-1-3-6-11/h1-3,5-7,9H,4,8,10H2. The number of carbonyl (C=O) groups is 3. The molecule has 5 nitrogen and oxygen atoms in total. The van der Waals surface area contributed by atoms with E-state index >= 15 is 0 Å². The number of nitrogens with zero attached hydrogens (tertiary/aromatic N) is 1. The minimum absolute atomic E-state index is 0.00258. The molecule has 0 spiro atoms. The lowest BCUT2D eigenvalue weighted by Crippen LogP contribution is -2.30. The average molecular weight is 259 g/mol. The summed E-state index contributed by atoms with van der Waals surface area (Å²) in [5, 5.41) is 0. The largest absolute Gasteiger partial charge is 0.487 e. The number of rotatable bonds is 6. The lowest BCUT2D eigenvalue weighted by atomic mass is 10.2. The second-order valence-corrected chi connectivity index (χ2v) is 4.03. The summed E-state index contributed by atoms with van der Waals surface area (Å²) >= 11 is 0. The van der Waals surface area contributed by atoms with E-state index in [9.17, 15) is 14.4 Å². The van der Waals surface area contributed by atoms with Crippen LogP contribution in [0.4, 0.5) is 0 Å². The van der Waals surface area contributed by atoms with E-state index in [1.807, 2.05) is 30.3 Å². The first-order valence-corrected chi connectivity index (χ1v) is 5.90. The lowest BCUT2D eigenvalue weighted by molar-refractivity contribution is -0.139. The number of aldehydes is 1. The Morgan fingerprint density at radius 1 is 1.16 bits per heavy atom. The van der Waals surface area contributed by atoms with Crippen LogP contribution in [0.1, 0.15) is 12.0 Å². The van der Waals surface area contributed by atoms with E-state index in [1.54, 1.807) is 0 Å². The van der Waals surface area contributed by atoms with Gasteiger partial charge in [0.1, 0.15) is 6.29 Å². The summed E-state index contributed by atoms with van der Waals surface area (Å²) in [6, 6.07) is 9.23. The summed E-state index contributed by atoms with van der Waals surface area (Å²) in [5.74, 6) is -0.850. The van der Waals surface area contributed by atoms with Gasteiger partial charge in [0, 0.05) is 6.42 Å². The Labute approximate surface area is 110 Å². The van der Waals surface area contributed by atoms with Crippen molar-refractivity contribution in [2.75, 3.05) is 6.61 Å². The minimum atomic E-state index is -0.459. The molecule has 0 aromatic heterocycles. The third-order valence-electron chi connectivity index (χ3n) is 2.65. The molecule has 2 amide bonds. The third-order valence-corrected chi connectivity index (χ3v) is 2.65. The molecule has 0 saturated heterocycles. The Balaban J connectivity index is 2.00. The maximum absolute atomic E-state index is 11.9. The fraction of sp³-hybridized carbons (Fsp3) is 0.214. The van der Waals surface area contributed by atoms with Gasteiger partial charge in [0.15, 0.2) is 5.76 Å². The Hall–Kier alpha value is -2.43. The molecule has 1 aromatic rings. The van der Waals surface area contributed by atoms with Gasteiger partial charge in [-0.1, -0.05) is 30.3 Å². The molecule has 0 N–H and O–H groups in total. The summed E-state index contributed by atoms with van der Waals surface area (Å²) in [5.41, 5.74) is 0.867. The number of amides is 2. The number of ether oxygens (including phenoxy) is 1. The molecule has 1 heterocycles. The van der Waals surface area contributed by atoms with Gasteiger partial charge in [-0.25, -0.2) is 0 Å². The number of carbonyl (C=O) groups excluding carboxylic acids is 3. The average Bonchev–Trinajstić information content (AvgIpc) is 2.68. The molecule has 0 bridgehead atoms. The summed E-state index contributed by atoms with van der Waals surface area (Å²) < 4.78 is 5.11. The lowest BCUT2D eigenvalue weighted by Gasteiger charge is -2.14. The van der Waals surface area contributed by atoms with Gasteiger partial charge >= 0.3 is 0 Å². The third kappa shape index (κ3) is 3.07. The summed E-state index contributed by atoms with van der Waals surface area (Å²) in [4.78, 5) is 34.9. The van der Waals surface area contributed by atoms with Crippen LogP contribution < -0.4 is 0 Å². The molecule has 0 aliphatic carbocycles. The van der Waals surface area contributed by atoms with E-state index in [1.165, 1.54) is 0 Å². The van der Waals surface area contributed by atoms with Gasteiger partial charge in [0.25, 0.3) is 11.8 Å². The van der Waals surface area contributed by atoms with E-state index in [-0.39, 0.29) is 25.3 Å². The van der Waals surface area contributed by atoms with Crippen LogP contribution in [0.5, 0.6) is 0 Å².